The van der Waals surface area contributed by atoms with E-state index in [-0.39, 0.29) is 23.0 Å². The zero-order valence-corrected chi connectivity index (χ0v) is 19.8. The Morgan fingerprint density at radius 1 is 1.11 bits per heavy atom. The quantitative estimate of drug-likeness (QED) is 0.425. The standard InChI is InChI=1S/C25H26FN5O3S/c26-17-2-1-15(21(11-17)16-8-10-34-14-16)13-28-18-3-5-19(6-4-18)29-24-27-9-7-20(30-24)12-22-23(32)31-25(33)35-22/h1-2,7-11,14,18-19,22,28H,3-6,12-13H2,(H,27,29,30)(H,31,32,33). The number of benzene rings is 1. The van der Waals surface area contributed by atoms with E-state index in [2.05, 4.69) is 25.9 Å². The number of imide groups is 1. The number of rotatable bonds is 8. The molecule has 3 N–H and O–H groups in total. The monoisotopic (exact) mass is 495 g/mol. The van der Waals surface area contributed by atoms with E-state index in [4.69, 9.17) is 4.42 Å². The lowest BCUT2D eigenvalue weighted by molar-refractivity contribution is -0.118. The van der Waals surface area contributed by atoms with Crippen LogP contribution >= 0.6 is 11.8 Å². The van der Waals surface area contributed by atoms with Crippen LogP contribution in [0.1, 0.15) is 36.9 Å². The van der Waals surface area contributed by atoms with Crippen LogP contribution in [-0.4, -0.2) is 38.4 Å². The second kappa shape index (κ2) is 10.6. The first-order valence-electron chi connectivity index (χ1n) is 11.7. The molecule has 2 aliphatic rings. The third kappa shape index (κ3) is 5.88. The van der Waals surface area contributed by atoms with Crippen molar-refractivity contribution in [3.05, 3.63) is 66.1 Å². The zero-order chi connectivity index (χ0) is 24.2. The molecular weight excluding hydrogens is 469 g/mol. The Morgan fingerprint density at radius 3 is 2.69 bits per heavy atom. The lowest BCUT2D eigenvalue weighted by atomic mass is 9.91. The van der Waals surface area contributed by atoms with Gasteiger partial charge in [0.15, 0.2) is 0 Å². The van der Waals surface area contributed by atoms with Crippen LogP contribution < -0.4 is 16.0 Å². The van der Waals surface area contributed by atoms with Crippen LogP contribution in [-0.2, 0) is 17.8 Å². The molecule has 0 radical (unpaired) electrons. The highest BCUT2D eigenvalue weighted by Gasteiger charge is 2.32. The van der Waals surface area contributed by atoms with Crippen LogP contribution in [0.2, 0.25) is 0 Å². The summed E-state index contributed by atoms with van der Waals surface area (Å²) in [5.41, 5.74) is 3.48. The van der Waals surface area contributed by atoms with Gasteiger partial charge in [-0.15, -0.1) is 0 Å². The van der Waals surface area contributed by atoms with E-state index in [9.17, 15) is 14.0 Å². The molecule has 8 nitrogen and oxygen atoms in total. The maximum atomic E-state index is 13.8. The molecule has 182 valence electrons. The molecule has 1 aliphatic heterocycles. The van der Waals surface area contributed by atoms with Gasteiger partial charge in [-0.25, -0.2) is 14.4 Å². The third-order valence-corrected chi connectivity index (χ3v) is 7.40. The van der Waals surface area contributed by atoms with E-state index in [1.165, 1.54) is 6.07 Å². The molecule has 1 saturated carbocycles. The maximum Gasteiger partial charge on any atom is 0.286 e. The predicted octanol–water partition coefficient (Wildman–Crippen LogP) is 4.28. The van der Waals surface area contributed by atoms with Crippen LogP contribution in [0.25, 0.3) is 11.1 Å². The fourth-order valence-corrected chi connectivity index (χ4v) is 5.40. The number of aromatic nitrogens is 2. The summed E-state index contributed by atoms with van der Waals surface area (Å²) in [5.74, 6) is 0.0164. The van der Waals surface area contributed by atoms with Gasteiger partial charge in [-0.1, -0.05) is 17.8 Å². The van der Waals surface area contributed by atoms with Crippen LogP contribution in [0.5, 0.6) is 0 Å². The van der Waals surface area contributed by atoms with Gasteiger partial charge < -0.3 is 15.1 Å². The van der Waals surface area contributed by atoms with Gasteiger partial charge in [0.05, 0.1) is 17.8 Å². The number of carbonyl (C=O) groups excluding carboxylic acids is 2. The molecule has 3 aromatic rings. The number of halogens is 1. The van der Waals surface area contributed by atoms with Crippen molar-refractivity contribution < 1.29 is 18.4 Å². The minimum atomic E-state index is -0.443. The Morgan fingerprint density at radius 2 is 1.94 bits per heavy atom. The van der Waals surface area contributed by atoms with Crippen molar-refractivity contribution in [1.29, 1.82) is 0 Å². The third-order valence-electron chi connectivity index (χ3n) is 6.42. The minimum Gasteiger partial charge on any atom is -0.472 e. The van der Waals surface area contributed by atoms with Gasteiger partial charge in [-0.2, -0.15) is 0 Å². The molecule has 0 bridgehead atoms. The molecule has 10 heteroatoms. The molecule has 3 heterocycles. The molecule has 2 aromatic heterocycles. The van der Waals surface area contributed by atoms with Crippen LogP contribution in [0.3, 0.4) is 0 Å². The summed E-state index contributed by atoms with van der Waals surface area (Å²) in [4.78, 5) is 32.1. The van der Waals surface area contributed by atoms with Crippen molar-refractivity contribution in [3.63, 3.8) is 0 Å². The highest BCUT2D eigenvalue weighted by Crippen LogP contribution is 2.27. The number of hydrogen-bond acceptors (Lipinski definition) is 8. The first-order chi connectivity index (χ1) is 17.0. The molecule has 2 amide bonds. The van der Waals surface area contributed by atoms with Crippen LogP contribution in [0, 0.1) is 5.82 Å². The van der Waals surface area contributed by atoms with Crippen molar-refractivity contribution in [2.24, 2.45) is 0 Å². The minimum absolute atomic E-state index is 0.262. The van der Waals surface area contributed by atoms with Crippen molar-refractivity contribution in [2.45, 2.75) is 56.0 Å². The van der Waals surface area contributed by atoms with Crippen molar-refractivity contribution in [3.8, 4) is 11.1 Å². The Hall–Kier alpha value is -3.24. The lowest BCUT2D eigenvalue weighted by Gasteiger charge is -2.30. The number of thioether (sulfide) groups is 1. The van der Waals surface area contributed by atoms with E-state index < -0.39 is 5.25 Å². The van der Waals surface area contributed by atoms with Gasteiger partial charge >= 0.3 is 0 Å². The summed E-state index contributed by atoms with van der Waals surface area (Å²) in [6.07, 6.45) is 9.24. The van der Waals surface area contributed by atoms with E-state index >= 15 is 0 Å². The normalized spacial score (nSPS) is 22.3. The number of nitrogens with one attached hydrogen (secondary N) is 3. The number of furan rings is 1. The average molecular weight is 496 g/mol. The number of anilines is 1. The lowest BCUT2D eigenvalue weighted by Crippen LogP contribution is -2.37. The summed E-state index contributed by atoms with van der Waals surface area (Å²) in [6, 6.07) is 9.12. The number of hydrogen-bond donors (Lipinski definition) is 3. The second-order valence-electron chi connectivity index (χ2n) is 8.85. The van der Waals surface area contributed by atoms with E-state index in [0.717, 1.165) is 59.8 Å². The Bertz CT molecular complexity index is 1200. The van der Waals surface area contributed by atoms with Crippen molar-refractivity contribution >= 4 is 28.9 Å². The highest BCUT2D eigenvalue weighted by atomic mass is 32.2. The van der Waals surface area contributed by atoms with Crippen LogP contribution in [0.4, 0.5) is 15.1 Å². The molecule has 5 rings (SSSR count). The summed E-state index contributed by atoms with van der Waals surface area (Å²) >= 11 is 1.00. The number of nitrogens with zero attached hydrogens (tertiary/aromatic N) is 2. The van der Waals surface area contributed by atoms with E-state index in [0.29, 0.717) is 25.0 Å². The largest absolute Gasteiger partial charge is 0.472 e. The summed E-state index contributed by atoms with van der Waals surface area (Å²) in [7, 11) is 0. The molecular formula is C25H26FN5O3S. The fraction of sp³-hybridized carbons (Fsp3) is 0.360. The molecule has 1 unspecified atom stereocenters. The smallest absolute Gasteiger partial charge is 0.286 e. The maximum absolute atomic E-state index is 13.8. The summed E-state index contributed by atoms with van der Waals surface area (Å²) in [6.45, 7) is 0.657. The summed E-state index contributed by atoms with van der Waals surface area (Å²) in [5, 5.41) is 8.59. The first kappa shape index (κ1) is 23.5. The Balaban J connectivity index is 1.12. The van der Waals surface area contributed by atoms with E-state index in [1.807, 2.05) is 12.1 Å². The van der Waals surface area contributed by atoms with Gasteiger partial charge in [0.1, 0.15) is 5.82 Å². The van der Waals surface area contributed by atoms with Gasteiger partial charge in [0, 0.05) is 42.5 Å². The second-order valence-corrected chi connectivity index (χ2v) is 10.0. The Labute approximate surface area is 206 Å². The van der Waals surface area contributed by atoms with Crippen molar-refractivity contribution in [2.75, 3.05) is 5.32 Å². The topological polar surface area (TPSA) is 109 Å². The molecule has 1 aromatic carbocycles. The van der Waals surface area contributed by atoms with Gasteiger partial charge in [0.25, 0.3) is 5.24 Å². The number of carbonyl (C=O) groups is 2. The molecule has 2 fully saturated rings. The molecule has 1 aliphatic carbocycles. The van der Waals surface area contributed by atoms with Gasteiger partial charge in [0.2, 0.25) is 11.9 Å². The first-order valence-corrected chi connectivity index (χ1v) is 12.6. The van der Waals surface area contributed by atoms with E-state index in [1.54, 1.807) is 30.9 Å². The molecule has 35 heavy (non-hydrogen) atoms. The number of amides is 2. The van der Waals surface area contributed by atoms with Gasteiger partial charge in [-0.3, -0.25) is 14.9 Å². The summed E-state index contributed by atoms with van der Waals surface area (Å²) < 4.78 is 19.0. The van der Waals surface area contributed by atoms with Gasteiger partial charge in [-0.05, 0) is 61.1 Å². The molecule has 1 saturated heterocycles. The fourth-order valence-electron chi connectivity index (χ4n) is 4.56. The van der Waals surface area contributed by atoms with Crippen LogP contribution in [0.15, 0.2) is 53.5 Å². The SMILES string of the molecule is O=C1NC(=O)C(Cc2ccnc(NC3CCC(NCc4ccc(F)cc4-c4ccoc4)CC3)n2)S1. The molecule has 1 atom stereocenters. The zero-order valence-electron chi connectivity index (χ0n) is 19.0. The highest BCUT2D eigenvalue weighted by molar-refractivity contribution is 8.15. The molecule has 0 spiro atoms. The Kier molecular flexibility index (Phi) is 7.10. The predicted molar refractivity (Wildman–Crippen MR) is 131 cm³/mol. The average Bonchev–Trinajstić information content (AvgIpc) is 3.49. The van der Waals surface area contributed by atoms with Crippen molar-refractivity contribution in [1.82, 2.24) is 20.6 Å².